The van der Waals surface area contributed by atoms with Gasteiger partial charge in [-0.25, -0.2) is 9.63 Å². The first-order valence-electron chi connectivity index (χ1n) is 9.59. The molecular formula is C23H21BrN2O6S. The Kier molecular flexibility index (Phi) is 7.72. The van der Waals surface area contributed by atoms with Gasteiger partial charge in [-0.2, -0.15) is 13.5 Å². The highest BCUT2D eigenvalue weighted by atomic mass is 79.9. The minimum absolute atomic E-state index is 0.0830. The summed E-state index contributed by atoms with van der Waals surface area (Å²) in [5.74, 6) is 0.422. The molecule has 10 heteroatoms. The zero-order chi connectivity index (χ0) is 24.0. The number of esters is 1. The molecule has 0 saturated carbocycles. The van der Waals surface area contributed by atoms with Crippen LogP contribution in [0.3, 0.4) is 0 Å². The van der Waals surface area contributed by atoms with Crippen molar-refractivity contribution in [3.05, 3.63) is 81.8 Å². The summed E-state index contributed by atoms with van der Waals surface area (Å²) >= 11 is 3.35. The fourth-order valence-electron chi connectivity index (χ4n) is 2.77. The molecule has 0 atom stereocenters. The second-order valence-electron chi connectivity index (χ2n) is 6.81. The average molecular weight is 533 g/mol. The zero-order valence-electron chi connectivity index (χ0n) is 18.0. The Hall–Kier alpha value is -3.37. The number of nitrogens with one attached hydrogen (secondary N) is 1. The number of nitrogens with zero attached hydrogens (tertiary/aromatic N) is 1. The van der Waals surface area contributed by atoms with Crippen LogP contribution in [0.5, 0.6) is 17.2 Å². The average Bonchev–Trinajstić information content (AvgIpc) is 2.80. The van der Waals surface area contributed by atoms with E-state index in [1.54, 1.807) is 42.5 Å². The Balaban J connectivity index is 1.80. The first-order valence-corrected chi connectivity index (χ1v) is 11.9. The third-order valence-corrected chi connectivity index (χ3v) is 6.23. The molecule has 0 amide bonds. The molecule has 0 aliphatic carbocycles. The number of aryl methyl sites for hydroxylation is 1. The van der Waals surface area contributed by atoms with Crippen LogP contribution in [0.1, 0.15) is 21.5 Å². The monoisotopic (exact) mass is 532 g/mol. The maximum Gasteiger partial charge on any atom is 0.343 e. The van der Waals surface area contributed by atoms with E-state index >= 15 is 0 Å². The molecule has 0 spiro atoms. The number of benzene rings is 3. The number of halogens is 1. The molecule has 3 aromatic rings. The van der Waals surface area contributed by atoms with E-state index in [4.69, 9.17) is 14.2 Å². The summed E-state index contributed by atoms with van der Waals surface area (Å²) in [4.78, 5) is 14.9. The van der Waals surface area contributed by atoms with Crippen LogP contribution in [0.15, 0.2) is 75.1 Å². The highest BCUT2D eigenvalue weighted by Crippen LogP contribution is 2.29. The Morgan fingerprint density at radius 3 is 2.27 bits per heavy atom. The van der Waals surface area contributed by atoms with Crippen LogP contribution in [0, 0.1) is 6.92 Å². The van der Waals surface area contributed by atoms with Gasteiger partial charge in [-0.1, -0.05) is 33.6 Å². The number of carbonyl (C=O) groups is 1. The fraction of sp³-hybridized carbons (Fsp3) is 0.130. The van der Waals surface area contributed by atoms with Crippen molar-refractivity contribution in [3.8, 4) is 17.2 Å². The molecule has 0 fully saturated rings. The van der Waals surface area contributed by atoms with Crippen molar-refractivity contribution >= 4 is 38.1 Å². The topological polar surface area (TPSA) is 103 Å². The number of hydrazone groups is 1. The van der Waals surface area contributed by atoms with Gasteiger partial charge in [-0.15, -0.1) is 0 Å². The van der Waals surface area contributed by atoms with Crippen LogP contribution in [0.2, 0.25) is 0 Å². The largest absolute Gasteiger partial charge is 0.493 e. The fourth-order valence-corrected chi connectivity index (χ4v) is 3.94. The molecule has 33 heavy (non-hydrogen) atoms. The van der Waals surface area contributed by atoms with Gasteiger partial charge >= 0.3 is 5.97 Å². The van der Waals surface area contributed by atoms with Crippen molar-refractivity contribution in [3.63, 3.8) is 0 Å². The van der Waals surface area contributed by atoms with Crippen molar-refractivity contribution < 1.29 is 27.4 Å². The molecule has 172 valence electrons. The van der Waals surface area contributed by atoms with Gasteiger partial charge < -0.3 is 14.2 Å². The number of methoxy groups -OCH3 is 2. The summed E-state index contributed by atoms with van der Waals surface area (Å²) in [7, 11) is -0.881. The maximum atomic E-state index is 12.7. The minimum atomic E-state index is -3.84. The number of rotatable bonds is 8. The van der Waals surface area contributed by atoms with Crippen LogP contribution in [0.4, 0.5) is 0 Å². The number of sulfonamides is 1. The summed E-state index contributed by atoms with van der Waals surface area (Å²) in [6.07, 6.45) is 1.26. The van der Waals surface area contributed by atoms with Gasteiger partial charge in [-0.3, -0.25) is 0 Å². The van der Waals surface area contributed by atoms with E-state index in [1.165, 1.54) is 38.6 Å². The van der Waals surface area contributed by atoms with E-state index in [9.17, 15) is 13.2 Å². The van der Waals surface area contributed by atoms with Gasteiger partial charge in [0, 0.05) is 10.0 Å². The van der Waals surface area contributed by atoms with Crippen LogP contribution < -0.4 is 19.0 Å². The molecule has 0 aliphatic heterocycles. The van der Waals surface area contributed by atoms with Gasteiger partial charge in [0.2, 0.25) is 0 Å². The third kappa shape index (κ3) is 6.11. The summed E-state index contributed by atoms with van der Waals surface area (Å²) in [6.45, 7) is 1.86. The van der Waals surface area contributed by atoms with Gasteiger partial charge in [0.25, 0.3) is 10.0 Å². The predicted octanol–water partition coefficient (Wildman–Crippen LogP) is 4.31. The lowest BCUT2D eigenvalue weighted by atomic mass is 10.2. The summed E-state index contributed by atoms with van der Waals surface area (Å²) in [5.41, 5.74) is 1.57. The molecule has 3 aromatic carbocycles. The van der Waals surface area contributed by atoms with E-state index < -0.39 is 16.0 Å². The van der Waals surface area contributed by atoms with Crippen LogP contribution in [-0.4, -0.2) is 34.8 Å². The molecule has 1 N–H and O–H groups in total. The summed E-state index contributed by atoms with van der Waals surface area (Å²) in [5, 5.41) is 3.83. The number of hydrogen-bond donors (Lipinski definition) is 1. The molecule has 0 heterocycles. The lowest BCUT2D eigenvalue weighted by molar-refractivity contribution is 0.0734. The SMILES string of the molecule is COc1ccc(C(=O)Oc2ccc(Br)cc2C=NNS(=O)(=O)c2ccc(C)cc2)cc1OC. The normalized spacial score (nSPS) is 11.3. The van der Waals surface area contributed by atoms with Crippen molar-refractivity contribution in [2.45, 2.75) is 11.8 Å². The highest BCUT2D eigenvalue weighted by molar-refractivity contribution is 9.10. The Bertz CT molecular complexity index is 1290. The lowest BCUT2D eigenvalue weighted by Gasteiger charge is -2.11. The maximum absolute atomic E-state index is 12.7. The van der Waals surface area contributed by atoms with Crippen LogP contribution >= 0.6 is 15.9 Å². The van der Waals surface area contributed by atoms with Crippen molar-refractivity contribution in [2.75, 3.05) is 14.2 Å². The molecule has 8 nitrogen and oxygen atoms in total. The van der Waals surface area contributed by atoms with E-state index in [0.717, 1.165) is 5.56 Å². The predicted molar refractivity (Wildman–Crippen MR) is 128 cm³/mol. The highest BCUT2D eigenvalue weighted by Gasteiger charge is 2.16. The van der Waals surface area contributed by atoms with E-state index in [1.807, 2.05) is 6.92 Å². The Morgan fingerprint density at radius 2 is 1.61 bits per heavy atom. The second kappa shape index (κ2) is 10.5. The smallest absolute Gasteiger partial charge is 0.343 e. The first kappa shape index (κ1) is 24.3. The summed E-state index contributed by atoms with van der Waals surface area (Å²) in [6, 6.07) is 15.9. The van der Waals surface area contributed by atoms with Crippen LogP contribution in [0.25, 0.3) is 0 Å². The zero-order valence-corrected chi connectivity index (χ0v) is 20.4. The number of carbonyl (C=O) groups excluding carboxylic acids is 1. The van der Waals surface area contributed by atoms with Gasteiger partial charge in [-0.05, 0) is 55.5 Å². The quantitative estimate of drug-likeness (QED) is 0.200. The van der Waals surface area contributed by atoms with Gasteiger partial charge in [0.1, 0.15) is 5.75 Å². The third-order valence-electron chi connectivity index (χ3n) is 4.50. The van der Waals surface area contributed by atoms with Gasteiger partial charge in [0.15, 0.2) is 11.5 Å². The first-order chi connectivity index (χ1) is 15.7. The Labute approximate surface area is 200 Å². The molecule has 0 aromatic heterocycles. The van der Waals surface area contributed by atoms with Crippen molar-refractivity contribution in [1.82, 2.24) is 4.83 Å². The standard InChI is InChI=1S/C23H21BrN2O6S/c1-15-4-8-19(9-5-15)33(28,29)26-25-14-17-12-18(24)7-11-20(17)32-23(27)16-6-10-21(30-2)22(13-16)31-3/h4-14,26H,1-3H3. The van der Waals surface area contributed by atoms with Crippen molar-refractivity contribution in [1.29, 1.82) is 0 Å². The second-order valence-corrected chi connectivity index (χ2v) is 9.38. The molecule has 0 radical (unpaired) electrons. The van der Waals surface area contributed by atoms with E-state index in [-0.39, 0.29) is 16.2 Å². The molecule has 0 saturated heterocycles. The molecule has 0 bridgehead atoms. The minimum Gasteiger partial charge on any atom is -0.493 e. The number of ether oxygens (including phenoxy) is 3. The van der Waals surface area contributed by atoms with E-state index in [2.05, 4.69) is 25.9 Å². The molecular weight excluding hydrogens is 512 g/mol. The lowest BCUT2D eigenvalue weighted by Crippen LogP contribution is -2.18. The van der Waals surface area contributed by atoms with Crippen LogP contribution in [-0.2, 0) is 10.0 Å². The van der Waals surface area contributed by atoms with E-state index in [0.29, 0.717) is 21.5 Å². The van der Waals surface area contributed by atoms with Gasteiger partial charge in [0.05, 0.1) is 30.9 Å². The summed E-state index contributed by atoms with van der Waals surface area (Å²) < 4.78 is 41.4. The molecule has 0 unspecified atom stereocenters. The number of hydrogen-bond acceptors (Lipinski definition) is 7. The molecule has 0 aliphatic rings. The van der Waals surface area contributed by atoms with Crippen molar-refractivity contribution in [2.24, 2.45) is 5.10 Å². The molecule has 3 rings (SSSR count). The Morgan fingerprint density at radius 1 is 0.939 bits per heavy atom.